The number of nitrogens with one attached hydrogen (secondary N) is 1. The van der Waals surface area contributed by atoms with Crippen molar-refractivity contribution in [1.29, 1.82) is 0 Å². The smallest absolute Gasteiger partial charge is 0.161 e. The molecule has 0 unspecified atom stereocenters. The molecule has 110 valence electrons. The minimum atomic E-state index is 0.760. The summed E-state index contributed by atoms with van der Waals surface area (Å²) in [5, 5.41) is 3.35. The van der Waals surface area contributed by atoms with Gasteiger partial charge in [-0.1, -0.05) is 0 Å². The van der Waals surface area contributed by atoms with Gasteiger partial charge in [0.2, 0.25) is 0 Å². The van der Waals surface area contributed by atoms with Gasteiger partial charge in [0.15, 0.2) is 5.82 Å². The van der Waals surface area contributed by atoms with Crippen molar-refractivity contribution in [3.63, 3.8) is 0 Å². The zero-order chi connectivity index (χ0) is 14.8. The van der Waals surface area contributed by atoms with Gasteiger partial charge >= 0.3 is 0 Å². The summed E-state index contributed by atoms with van der Waals surface area (Å²) in [7, 11) is 1.66. The van der Waals surface area contributed by atoms with Gasteiger partial charge in [0.25, 0.3) is 0 Å². The van der Waals surface area contributed by atoms with E-state index in [-0.39, 0.29) is 0 Å². The predicted molar refractivity (Wildman–Crippen MR) is 90.9 cm³/mol. The van der Waals surface area contributed by atoms with Crippen molar-refractivity contribution in [1.82, 2.24) is 9.97 Å². The number of halogens is 1. The molecule has 0 fully saturated rings. The maximum absolute atomic E-state index is 5.27. The Hall–Kier alpha value is -1.27. The molecule has 2 heterocycles. The van der Waals surface area contributed by atoms with Crippen molar-refractivity contribution in [3.05, 3.63) is 33.9 Å². The van der Waals surface area contributed by atoms with E-state index >= 15 is 0 Å². The summed E-state index contributed by atoms with van der Waals surface area (Å²) in [6.45, 7) is 2.94. The molecule has 0 aliphatic carbocycles. The Labute approximate surface area is 136 Å². The van der Waals surface area contributed by atoms with Gasteiger partial charge in [-0.3, -0.25) is 0 Å². The average molecular weight is 366 g/mol. The molecule has 21 heavy (non-hydrogen) atoms. The lowest BCUT2D eigenvalue weighted by Crippen LogP contribution is -2.06. The van der Waals surface area contributed by atoms with E-state index in [0.717, 1.165) is 51.2 Å². The van der Waals surface area contributed by atoms with Crippen molar-refractivity contribution in [2.45, 2.75) is 18.4 Å². The molecule has 2 aromatic rings. The molecule has 0 saturated carbocycles. The number of methoxy groups -OCH3 is 1. The Morgan fingerprint density at radius 1 is 1.33 bits per heavy atom. The summed E-state index contributed by atoms with van der Waals surface area (Å²) in [4.78, 5) is 9.43. The van der Waals surface area contributed by atoms with Gasteiger partial charge in [-0.2, -0.15) is 11.8 Å². The number of aromatic nitrogens is 2. The maximum atomic E-state index is 5.27. The first kappa shape index (κ1) is 14.7. The topological polar surface area (TPSA) is 47.0 Å². The highest BCUT2D eigenvalue weighted by Crippen LogP contribution is 2.35. The second-order valence-corrected chi connectivity index (χ2v) is 6.53. The van der Waals surface area contributed by atoms with E-state index in [9.17, 15) is 0 Å². The molecule has 0 spiro atoms. The fourth-order valence-electron chi connectivity index (χ4n) is 2.30. The predicted octanol–water partition coefficient (Wildman–Crippen LogP) is 4.09. The largest absolute Gasteiger partial charge is 0.496 e. The number of hydrogen-bond donors (Lipinski definition) is 1. The second-order valence-electron chi connectivity index (χ2n) is 4.69. The summed E-state index contributed by atoms with van der Waals surface area (Å²) in [6.07, 6.45) is 0. The highest BCUT2D eigenvalue weighted by atomic mass is 79.9. The fourth-order valence-corrected chi connectivity index (χ4v) is 3.88. The molecule has 3 rings (SSSR count). The third-order valence-electron chi connectivity index (χ3n) is 3.33. The van der Waals surface area contributed by atoms with Crippen LogP contribution < -0.4 is 10.1 Å². The normalized spacial score (nSPS) is 13.1. The Morgan fingerprint density at radius 2 is 2.19 bits per heavy atom. The van der Waals surface area contributed by atoms with Crippen molar-refractivity contribution in [3.8, 4) is 17.1 Å². The minimum absolute atomic E-state index is 0.760. The van der Waals surface area contributed by atoms with Gasteiger partial charge in [-0.25, -0.2) is 9.97 Å². The highest BCUT2D eigenvalue weighted by molar-refractivity contribution is 9.10. The Bertz CT molecular complexity index is 678. The van der Waals surface area contributed by atoms with Crippen molar-refractivity contribution in [2.24, 2.45) is 0 Å². The summed E-state index contributed by atoms with van der Waals surface area (Å²) >= 11 is 5.40. The number of fused-ring (bicyclic) bond motifs is 1. The summed E-state index contributed by atoms with van der Waals surface area (Å²) < 4.78 is 6.18. The first-order valence-electron chi connectivity index (χ1n) is 6.78. The standard InChI is InChI=1S/C15H16BrN3OS/c1-3-17-15-10-7-21-8-12(10)18-14(19-15)9-4-5-13(20-2)11(16)6-9/h4-6H,3,7-8H2,1-2H3,(H,17,18,19). The van der Waals surface area contributed by atoms with Crippen LogP contribution >= 0.6 is 27.7 Å². The maximum Gasteiger partial charge on any atom is 0.161 e. The van der Waals surface area contributed by atoms with E-state index in [0.29, 0.717) is 0 Å². The van der Waals surface area contributed by atoms with E-state index in [2.05, 4.69) is 28.2 Å². The molecule has 1 N–H and O–H groups in total. The third-order valence-corrected chi connectivity index (χ3v) is 4.92. The minimum Gasteiger partial charge on any atom is -0.496 e. The van der Waals surface area contributed by atoms with E-state index in [1.165, 1.54) is 5.56 Å². The van der Waals surface area contributed by atoms with Crippen LogP contribution in [0.2, 0.25) is 0 Å². The number of anilines is 1. The fraction of sp³-hybridized carbons (Fsp3) is 0.333. The van der Waals surface area contributed by atoms with Gasteiger partial charge in [-0.05, 0) is 41.1 Å². The van der Waals surface area contributed by atoms with Crippen LogP contribution in [-0.4, -0.2) is 23.6 Å². The third kappa shape index (κ3) is 2.87. The van der Waals surface area contributed by atoms with Crippen LogP contribution in [0, 0.1) is 0 Å². The van der Waals surface area contributed by atoms with Gasteiger partial charge in [0.1, 0.15) is 11.6 Å². The Kier molecular flexibility index (Phi) is 4.35. The van der Waals surface area contributed by atoms with Gasteiger partial charge in [0.05, 0.1) is 17.3 Å². The molecule has 0 saturated heterocycles. The van der Waals surface area contributed by atoms with Crippen molar-refractivity contribution in [2.75, 3.05) is 19.0 Å². The molecule has 1 aliphatic heterocycles. The van der Waals surface area contributed by atoms with Crippen LogP contribution in [-0.2, 0) is 11.5 Å². The average Bonchev–Trinajstić information content (AvgIpc) is 2.96. The van der Waals surface area contributed by atoms with E-state index in [1.54, 1.807) is 7.11 Å². The SMILES string of the molecule is CCNc1nc(-c2ccc(OC)c(Br)c2)nc2c1CSC2. The van der Waals surface area contributed by atoms with Crippen LogP contribution in [0.15, 0.2) is 22.7 Å². The number of nitrogens with zero attached hydrogens (tertiary/aromatic N) is 2. The van der Waals surface area contributed by atoms with Crippen LogP contribution in [0.1, 0.15) is 18.2 Å². The van der Waals surface area contributed by atoms with Crippen LogP contribution in [0.3, 0.4) is 0 Å². The number of thioether (sulfide) groups is 1. The van der Waals surface area contributed by atoms with Crippen molar-refractivity contribution < 1.29 is 4.74 Å². The van der Waals surface area contributed by atoms with Crippen LogP contribution in [0.5, 0.6) is 5.75 Å². The molecule has 6 heteroatoms. The first-order chi connectivity index (χ1) is 10.2. The lowest BCUT2D eigenvalue weighted by atomic mass is 10.1. The van der Waals surface area contributed by atoms with E-state index in [4.69, 9.17) is 14.7 Å². The van der Waals surface area contributed by atoms with Gasteiger partial charge in [-0.15, -0.1) is 0 Å². The number of benzene rings is 1. The molecule has 1 aromatic heterocycles. The molecule has 1 aromatic carbocycles. The first-order valence-corrected chi connectivity index (χ1v) is 8.73. The van der Waals surface area contributed by atoms with Crippen molar-refractivity contribution >= 4 is 33.5 Å². The quantitative estimate of drug-likeness (QED) is 0.883. The second kappa shape index (κ2) is 6.23. The number of ether oxygens (including phenoxy) is 1. The van der Waals surface area contributed by atoms with Gasteiger partial charge < -0.3 is 10.1 Å². The summed E-state index contributed by atoms with van der Waals surface area (Å²) in [5.74, 6) is 4.48. The van der Waals surface area contributed by atoms with E-state index in [1.807, 2.05) is 30.0 Å². The molecular weight excluding hydrogens is 350 g/mol. The summed E-state index contributed by atoms with van der Waals surface area (Å²) in [5.41, 5.74) is 3.38. The molecular formula is C15H16BrN3OS. The Morgan fingerprint density at radius 3 is 2.90 bits per heavy atom. The molecule has 1 aliphatic rings. The monoisotopic (exact) mass is 365 g/mol. The number of hydrogen-bond acceptors (Lipinski definition) is 5. The van der Waals surface area contributed by atoms with Crippen LogP contribution in [0.4, 0.5) is 5.82 Å². The highest BCUT2D eigenvalue weighted by Gasteiger charge is 2.20. The molecule has 0 amide bonds. The molecule has 0 bridgehead atoms. The van der Waals surface area contributed by atoms with Crippen LogP contribution in [0.25, 0.3) is 11.4 Å². The molecule has 0 atom stereocenters. The van der Waals surface area contributed by atoms with Gasteiger partial charge in [0, 0.05) is 29.2 Å². The number of rotatable bonds is 4. The summed E-state index contributed by atoms with van der Waals surface area (Å²) in [6, 6.07) is 5.92. The lowest BCUT2D eigenvalue weighted by molar-refractivity contribution is 0.412. The molecule has 0 radical (unpaired) electrons. The molecule has 4 nitrogen and oxygen atoms in total. The van der Waals surface area contributed by atoms with E-state index < -0.39 is 0 Å². The zero-order valence-electron chi connectivity index (χ0n) is 11.9. The lowest BCUT2D eigenvalue weighted by Gasteiger charge is -2.11. The zero-order valence-corrected chi connectivity index (χ0v) is 14.3. The Balaban J connectivity index is 2.06.